The van der Waals surface area contributed by atoms with Crippen molar-refractivity contribution in [3.63, 3.8) is 0 Å². The van der Waals surface area contributed by atoms with Crippen molar-refractivity contribution in [2.45, 2.75) is 13.0 Å². The molecule has 0 fully saturated rings. The second-order valence-corrected chi connectivity index (χ2v) is 7.70. The van der Waals surface area contributed by atoms with Gasteiger partial charge in [-0.25, -0.2) is 0 Å². The number of carbonyl (C=O) groups is 1. The normalized spacial score (nSPS) is 16.3. The van der Waals surface area contributed by atoms with E-state index >= 15 is 0 Å². The number of thiocarbonyl (C=S) groups is 1. The van der Waals surface area contributed by atoms with Gasteiger partial charge in [0.05, 0.1) is 34.5 Å². The van der Waals surface area contributed by atoms with E-state index in [9.17, 15) is 4.79 Å². The fraction of sp³-hybridized carbons (Fsp3) is 0.158. The minimum atomic E-state index is -0.498. The van der Waals surface area contributed by atoms with Crippen LogP contribution in [0.2, 0.25) is 15.1 Å². The highest BCUT2D eigenvalue weighted by molar-refractivity contribution is 7.80. The van der Waals surface area contributed by atoms with Crippen LogP contribution in [0, 0.1) is 0 Å². The molecule has 1 heterocycles. The van der Waals surface area contributed by atoms with Crippen molar-refractivity contribution in [1.29, 1.82) is 0 Å². The van der Waals surface area contributed by atoms with Gasteiger partial charge in [-0.2, -0.15) is 0 Å². The fourth-order valence-corrected chi connectivity index (χ4v) is 3.63. The molecule has 0 saturated carbocycles. The molecule has 1 atom stereocenters. The van der Waals surface area contributed by atoms with Gasteiger partial charge in [-0.15, -0.1) is 0 Å². The number of hydrogen-bond donors (Lipinski definition) is 3. The first-order chi connectivity index (χ1) is 13.3. The van der Waals surface area contributed by atoms with Crippen LogP contribution in [0.4, 0.5) is 5.69 Å². The van der Waals surface area contributed by atoms with Gasteiger partial charge in [0.2, 0.25) is 0 Å². The van der Waals surface area contributed by atoms with Gasteiger partial charge < -0.3 is 20.7 Å². The van der Waals surface area contributed by atoms with E-state index in [2.05, 4.69) is 16.0 Å². The summed E-state index contributed by atoms with van der Waals surface area (Å²) in [4.78, 5) is 13.1. The SMILES string of the molecule is COc1cc(Cl)ccc1NC(=O)C1=C(C)NC(=S)NC1c1ccc(Cl)c(Cl)c1. The van der Waals surface area contributed by atoms with Crippen LogP contribution in [0.5, 0.6) is 5.75 Å². The molecule has 2 aromatic rings. The Labute approximate surface area is 183 Å². The first-order valence-electron chi connectivity index (χ1n) is 8.18. The molecule has 2 aromatic carbocycles. The first kappa shape index (κ1) is 20.7. The third-order valence-corrected chi connectivity index (χ3v) is 5.40. The Balaban J connectivity index is 1.98. The zero-order chi connectivity index (χ0) is 20.4. The number of benzene rings is 2. The van der Waals surface area contributed by atoms with Crippen LogP contribution < -0.4 is 20.7 Å². The second-order valence-electron chi connectivity index (χ2n) is 6.04. The molecule has 1 aliphatic heterocycles. The molecule has 28 heavy (non-hydrogen) atoms. The summed E-state index contributed by atoms with van der Waals surface area (Å²) in [5.74, 6) is 0.133. The minimum Gasteiger partial charge on any atom is -0.495 e. The van der Waals surface area contributed by atoms with Gasteiger partial charge in [0.1, 0.15) is 5.75 Å². The number of methoxy groups -OCH3 is 1. The number of nitrogens with one attached hydrogen (secondary N) is 3. The van der Waals surface area contributed by atoms with Gasteiger partial charge in [-0.1, -0.05) is 40.9 Å². The molecular formula is C19H16Cl3N3O2S. The summed E-state index contributed by atoms with van der Waals surface area (Å²) in [5.41, 5.74) is 2.35. The summed E-state index contributed by atoms with van der Waals surface area (Å²) < 4.78 is 5.30. The van der Waals surface area contributed by atoms with Gasteiger partial charge in [0.25, 0.3) is 5.91 Å². The first-order valence-corrected chi connectivity index (χ1v) is 9.72. The molecule has 9 heteroatoms. The predicted molar refractivity (Wildman–Crippen MR) is 117 cm³/mol. The smallest absolute Gasteiger partial charge is 0.255 e. The summed E-state index contributed by atoms with van der Waals surface area (Å²) in [5, 5.41) is 10.7. The van der Waals surface area contributed by atoms with E-state index in [1.165, 1.54) is 7.11 Å². The molecule has 1 unspecified atom stereocenters. The van der Waals surface area contributed by atoms with E-state index in [4.69, 9.17) is 51.8 Å². The molecule has 0 radical (unpaired) electrons. The molecule has 1 amide bonds. The molecule has 5 nitrogen and oxygen atoms in total. The number of amides is 1. The second kappa shape index (κ2) is 8.57. The summed E-state index contributed by atoms with van der Waals surface area (Å²) >= 11 is 23.4. The van der Waals surface area contributed by atoms with Crippen molar-refractivity contribution in [3.05, 3.63) is 68.3 Å². The highest BCUT2D eigenvalue weighted by atomic mass is 35.5. The summed E-state index contributed by atoms with van der Waals surface area (Å²) in [6, 6.07) is 9.66. The van der Waals surface area contributed by atoms with Crippen LogP contribution in [0.15, 0.2) is 47.7 Å². The Morgan fingerprint density at radius 2 is 1.89 bits per heavy atom. The van der Waals surface area contributed by atoms with Gasteiger partial charge in [-0.3, -0.25) is 4.79 Å². The van der Waals surface area contributed by atoms with Crippen molar-refractivity contribution < 1.29 is 9.53 Å². The zero-order valence-corrected chi connectivity index (χ0v) is 18.0. The number of carbonyl (C=O) groups excluding carboxylic acids is 1. The Morgan fingerprint density at radius 1 is 1.14 bits per heavy atom. The lowest BCUT2D eigenvalue weighted by atomic mass is 9.95. The maximum Gasteiger partial charge on any atom is 0.255 e. The van der Waals surface area contributed by atoms with Crippen LogP contribution in [0.3, 0.4) is 0 Å². The zero-order valence-electron chi connectivity index (χ0n) is 14.9. The highest BCUT2D eigenvalue weighted by Crippen LogP contribution is 2.33. The van der Waals surface area contributed by atoms with Gasteiger partial charge in [0.15, 0.2) is 5.11 Å². The molecule has 0 bridgehead atoms. The Bertz CT molecular complexity index is 994. The summed E-state index contributed by atoms with van der Waals surface area (Å²) in [6.07, 6.45) is 0. The number of hydrogen-bond acceptors (Lipinski definition) is 3. The fourth-order valence-electron chi connectivity index (χ4n) is 2.89. The molecule has 3 rings (SSSR count). The molecule has 0 spiro atoms. The highest BCUT2D eigenvalue weighted by Gasteiger charge is 2.30. The number of anilines is 1. The predicted octanol–water partition coefficient (Wildman–Crippen LogP) is 5.09. The maximum absolute atomic E-state index is 13.1. The molecule has 3 N–H and O–H groups in total. The van der Waals surface area contributed by atoms with Crippen LogP contribution in [-0.2, 0) is 4.79 Å². The van der Waals surface area contributed by atoms with Crippen molar-refractivity contribution >= 4 is 63.7 Å². The minimum absolute atomic E-state index is 0.323. The van der Waals surface area contributed by atoms with E-state index in [-0.39, 0.29) is 5.91 Å². The Kier molecular flexibility index (Phi) is 6.35. The molecule has 1 aliphatic rings. The van der Waals surface area contributed by atoms with Crippen molar-refractivity contribution in [1.82, 2.24) is 10.6 Å². The van der Waals surface area contributed by atoms with Crippen molar-refractivity contribution in [2.24, 2.45) is 0 Å². The van der Waals surface area contributed by atoms with Gasteiger partial charge >= 0.3 is 0 Å². The Morgan fingerprint density at radius 3 is 2.57 bits per heavy atom. The molecule has 146 valence electrons. The average molecular weight is 457 g/mol. The molecule has 0 saturated heterocycles. The lowest BCUT2D eigenvalue weighted by Crippen LogP contribution is -2.45. The number of rotatable bonds is 4. The molecule has 0 aromatic heterocycles. The third-order valence-electron chi connectivity index (χ3n) is 4.20. The van der Waals surface area contributed by atoms with Gasteiger partial charge in [0, 0.05) is 16.8 Å². The maximum atomic E-state index is 13.1. The molecule has 0 aliphatic carbocycles. The number of allylic oxidation sites excluding steroid dienone is 1. The van der Waals surface area contributed by atoms with E-state index in [1.54, 1.807) is 43.3 Å². The summed E-state index contributed by atoms with van der Waals surface area (Å²) in [6.45, 7) is 1.78. The van der Waals surface area contributed by atoms with E-state index in [0.717, 1.165) is 5.56 Å². The average Bonchev–Trinajstić information content (AvgIpc) is 2.64. The largest absolute Gasteiger partial charge is 0.495 e. The topological polar surface area (TPSA) is 62.4 Å². The number of halogens is 3. The van der Waals surface area contributed by atoms with Crippen LogP contribution in [-0.4, -0.2) is 18.1 Å². The van der Waals surface area contributed by atoms with E-state index in [1.807, 2.05) is 0 Å². The Hall–Kier alpha value is -1.99. The van der Waals surface area contributed by atoms with Crippen LogP contribution >= 0.6 is 47.0 Å². The lowest BCUT2D eigenvalue weighted by Gasteiger charge is -2.30. The van der Waals surface area contributed by atoms with Crippen molar-refractivity contribution in [2.75, 3.05) is 12.4 Å². The van der Waals surface area contributed by atoms with E-state index < -0.39 is 6.04 Å². The van der Waals surface area contributed by atoms with E-state index in [0.29, 0.717) is 42.9 Å². The van der Waals surface area contributed by atoms with Crippen LogP contribution in [0.25, 0.3) is 0 Å². The van der Waals surface area contributed by atoms with Crippen LogP contribution in [0.1, 0.15) is 18.5 Å². The number of ether oxygens (including phenoxy) is 1. The van der Waals surface area contributed by atoms with Gasteiger partial charge in [-0.05, 0) is 49.0 Å². The lowest BCUT2D eigenvalue weighted by molar-refractivity contribution is -0.113. The van der Waals surface area contributed by atoms with Crippen molar-refractivity contribution in [3.8, 4) is 5.75 Å². The standard InChI is InChI=1S/C19H16Cl3N3O2S/c1-9-16(18(26)24-14-6-4-11(20)8-15(14)27-2)17(25-19(28)23-9)10-3-5-12(21)13(22)7-10/h3-8,17H,1-2H3,(H,24,26)(H2,23,25,28). The quantitative estimate of drug-likeness (QED) is 0.560. The summed E-state index contributed by atoms with van der Waals surface area (Å²) in [7, 11) is 1.51. The molecular weight excluding hydrogens is 441 g/mol. The monoisotopic (exact) mass is 455 g/mol. The third kappa shape index (κ3) is 4.36.